The van der Waals surface area contributed by atoms with Crippen LogP contribution in [0.5, 0.6) is 0 Å². The van der Waals surface area contributed by atoms with Crippen LogP contribution >= 0.6 is 0 Å². The average molecular weight is 986 g/mol. The van der Waals surface area contributed by atoms with Crippen LogP contribution < -0.4 is 0 Å². The highest BCUT2D eigenvalue weighted by Crippen LogP contribution is 2.15. The van der Waals surface area contributed by atoms with Crippen molar-refractivity contribution in [2.75, 3.05) is 13.2 Å². The van der Waals surface area contributed by atoms with Gasteiger partial charge in [0.2, 0.25) is 0 Å². The van der Waals surface area contributed by atoms with Crippen molar-refractivity contribution < 1.29 is 28.6 Å². The molecule has 0 spiro atoms. The Balaban J connectivity index is 4.53. The number of rotatable bonds is 52. The quantitative estimate of drug-likeness (QED) is 0.0261. The summed E-state index contributed by atoms with van der Waals surface area (Å²) < 4.78 is 16.8. The van der Waals surface area contributed by atoms with Gasteiger partial charge in [-0.3, -0.25) is 14.4 Å². The maximum absolute atomic E-state index is 12.9. The molecule has 0 aliphatic rings. The largest absolute Gasteiger partial charge is 0.462 e. The van der Waals surface area contributed by atoms with Crippen LogP contribution in [0, 0.1) is 0 Å². The summed E-state index contributed by atoms with van der Waals surface area (Å²) in [7, 11) is 0. The number of carbonyl (C=O) groups is 3. The number of hydrogen-bond acceptors (Lipinski definition) is 6. The first-order chi connectivity index (χ1) is 35.0. The van der Waals surface area contributed by atoms with Crippen molar-refractivity contribution >= 4 is 17.9 Å². The van der Waals surface area contributed by atoms with E-state index < -0.39 is 6.10 Å². The average Bonchev–Trinajstić information content (AvgIpc) is 3.37. The Kier molecular flexibility index (Phi) is 55.4. The highest BCUT2D eigenvalue weighted by molar-refractivity contribution is 5.71. The van der Waals surface area contributed by atoms with Crippen molar-refractivity contribution in [1.82, 2.24) is 0 Å². The second-order valence-corrected chi connectivity index (χ2v) is 19.2. The first kappa shape index (κ1) is 67.1. The molecule has 0 rings (SSSR count). The zero-order valence-electron chi connectivity index (χ0n) is 46.2. The molecule has 0 radical (unpaired) electrons. The topological polar surface area (TPSA) is 78.9 Å². The van der Waals surface area contributed by atoms with E-state index in [4.69, 9.17) is 14.2 Å². The first-order valence-electron chi connectivity index (χ1n) is 29.4. The second kappa shape index (κ2) is 58.6. The third-order valence-electron chi connectivity index (χ3n) is 12.3. The lowest BCUT2D eigenvalue weighted by Gasteiger charge is -2.18. The smallest absolute Gasteiger partial charge is 0.306 e. The van der Waals surface area contributed by atoms with Crippen LogP contribution in [-0.4, -0.2) is 37.2 Å². The number of hydrogen-bond donors (Lipinski definition) is 0. The molecule has 0 aromatic rings. The minimum Gasteiger partial charge on any atom is -0.462 e. The summed E-state index contributed by atoms with van der Waals surface area (Å²) in [4.78, 5) is 38.2. The van der Waals surface area contributed by atoms with Gasteiger partial charge in [0.05, 0.1) is 0 Å². The molecular formula is C65H108O6. The van der Waals surface area contributed by atoms with Gasteiger partial charge >= 0.3 is 17.9 Å². The first-order valence-corrected chi connectivity index (χ1v) is 29.4. The molecule has 71 heavy (non-hydrogen) atoms. The number of unbranched alkanes of at least 4 members (excludes halogenated alkanes) is 23. The summed E-state index contributed by atoms with van der Waals surface area (Å²) in [6, 6.07) is 0. The fraction of sp³-hybridized carbons (Fsp3) is 0.677. The van der Waals surface area contributed by atoms with Crippen molar-refractivity contribution in [3.63, 3.8) is 0 Å². The molecule has 0 heterocycles. The Morgan fingerprint density at radius 2 is 0.577 bits per heavy atom. The van der Waals surface area contributed by atoms with Crippen LogP contribution in [0.25, 0.3) is 0 Å². The predicted octanol–water partition coefficient (Wildman–Crippen LogP) is 19.9. The lowest BCUT2D eigenvalue weighted by Crippen LogP contribution is -2.30. The Morgan fingerprint density at radius 3 is 0.972 bits per heavy atom. The van der Waals surface area contributed by atoms with Crippen molar-refractivity contribution in [1.29, 1.82) is 0 Å². The van der Waals surface area contributed by atoms with E-state index in [9.17, 15) is 14.4 Å². The predicted molar refractivity (Wildman–Crippen MR) is 307 cm³/mol. The summed E-state index contributed by atoms with van der Waals surface area (Å²) in [5.74, 6) is -1.02. The van der Waals surface area contributed by atoms with Gasteiger partial charge in [-0.15, -0.1) is 0 Å². The number of allylic oxidation sites excluding steroid dienone is 18. The van der Waals surface area contributed by atoms with Crippen LogP contribution in [0.3, 0.4) is 0 Å². The molecule has 0 aromatic heterocycles. The van der Waals surface area contributed by atoms with Gasteiger partial charge in [-0.2, -0.15) is 0 Å². The van der Waals surface area contributed by atoms with E-state index >= 15 is 0 Å². The minimum absolute atomic E-state index is 0.110. The molecule has 0 bridgehead atoms. The molecule has 0 fully saturated rings. The van der Waals surface area contributed by atoms with Crippen molar-refractivity contribution in [2.24, 2.45) is 0 Å². The lowest BCUT2D eigenvalue weighted by atomic mass is 10.0. The second-order valence-electron chi connectivity index (χ2n) is 19.2. The molecule has 0 saturated heterocycles. The van der Waals surface area contributed by atoms with E-state index in [1.807, 2.05) is 6.08 Å². The Morgan fingerprint density at radius 1 is 0.296 bits per heavy atom. The van der Waals surface area contributed by atoms with Gasteiger partial charge in [0.25, 0.3) is 0 Å². The van der Waals surface area contributed by atoms with Gasteiger partial charge in [-0.1, -0.05) is 259 Å². The molecule has 6 nitrogen and oxygen atoms in total. The van der Waals surface area contributed by atoms with Crippen molar-refractivity contribution in [3.8, 4) is 0 Å². The molecule has 0 saturated carbocycles. The van der Waals surface area contributed by atoms with Gasteiger partial charge in [-0.25, -0.2) is 0 Å². The minimum atomic E-state index is -0.822. The number of carbonyl (C=O) groups excluding carboxylic acids is 3. The molecule has 0 aromatic carbocycles. The molecule has 1 atom stereocenters. The zero-order chi connectivity index (χ0) is 51.4. The SMILES string of the molecule is CC/C=C\C/C=C\C/C=C\C/C=C\CCCCCCC(=O)O[C@H](COC(=O)CC/C=C\C/C=C\C/C=C\C/C=C\C/C=C\CCCCC)COC(=O)CCCCCCCCCCCCCCCCCCC. The summed E-state index contributed by atoms with van der Waals surface area (Å²) in [6.45, 7) is 6.43. The third-order valence-corrected chi connectivity index (χ3v) is 12.3. The molecule has 6 heteroatoms. The highest BCUT2D eigenvalue weighted by Gasteiger charge is 2.19. The molecule has 0 amide bonds. The number of ether oxygens (including phenoxy) is 3. The van der Waals surface area contributed by atoms with Gasteiger partial charge in [-0.05, 0) is 96.3 Å². The van der Waals surface area contributed by atoms with E-state index in [2.05, 4.69) is 124 Å². The van der Waals surface area contributed by atoms with Gasteiger partial charge in [0.15, 0.2) is 6.10 Å². The molecule has 404 valence electrons. The Hall–Kier alpha value is -3.93. The molecule has 0 N–H and O–H groups in total. The van der Waals surface area contributed by atoms with E-state index in [1.165, 1.54) is 116 Å². The van der Waals surface area contributed by atoms with Crippen LogP contribution in [0.15, 0.2) is 109 Å². The molecule has 0 unspecified atom stereocenters. The summed E-state index contributed by atoms with van der Waals surface area (Å²) in [6.07, 6.45) is 79.5. The fourth-order valence-corrected chi connectivity index (χ4v) is 7.89. The van der Waals surface area contributed by atoms with Crippen LogP contribution in [0.2, 0.25) is 0 Å². The van der Waals surface area contributed by atoms with Crippen LogP contribution in [0.1, 0.15) is 265 Å². The van der Waals surface area contributed by atoms with Crippen LogP contribution in [-0.2, 0) is 28.6 Å². The Bertz CT molecular complexity index is 1460. The zero-order valence-corrected chi connectivity index (χ0v) is 46.2. The fourth-order valence-electron chi connectivity index (χ4n) is 7.89. The van der Waals surface area contributed by atoms with E-state index in [0.717, 1.165) is 103 Å². The Labute approximate surface area is 438 Å². The number of esters is 3. The van der Waals surface area contributed by atoms with E-state index in [-0.39, 0.29) is 44.0 Å². The molecule has 0 aliphatic heterocycles. The maximum Gasteiger partial charge on any atom is 0.306 e. The van der Waals surface area contributed by atoms with Gasteiger partial charge < -0.3 is 14.2 Å². The van der Waals surface area contributed by atoms with E-state index in [0.29, 0.717) is 12.8 Å². The van der Waals surface area contributed by atoms with Gasteiger partial charge in [0, 0.05) is 19.3 Å². The third kappa shape index (κ3) is 56.9. The summed E-state index contributed by atoms with van der Waals surface area (Å²) in [5, 5.41) is 0. The van der Waals surface area contributed by atoms with Crippen molar-refractivity contribution in [2.45, 2.75) is 271 Å². The maximum atomic E-state index is 12.9. The lowest BCUT2D eigenvalue weighted by molar-refractivity contribution is -0.166. The van der Waals surface area contributed by atoms with Gasteiger partial charge in [0.1, 0.15) is 13.2 Å². The summed E-state index contributed by atoms with van der Waals surface area (Å²) >= 11 is 0. The van der Waals surface area contributed by atoms with Crippen LogP contribution in [0.4, 0.5) is 0 Å². The molecular weight excluding hydrogens is 877 g/mol. The normalized spacial score (nSPS) is 12.9. The summed E-state index contributed by atoms with van der Waals surface area (Å²) in [5.41, 5.74) is 0. The molecule has 0 aliphatic carbocycles. The van der Waals surface area contributed by atoms with E-state index in [1.54, 1.807) is 0 Å². The standard InChI is InChI=1S/C65H108O6/c1-4-7-10-13-16-19-22-25-28-31-32-35-37-40-43-46-49-52-55-58-64(67)70-61-62(71-65(68)59-56-53-50-47-44-41-38-34-30-27-24-21-18-15-12-9-6-3)60-69-63(66)57-54-51-48-45-42-39-36-33-29-26-23-20-17-14-11-8-5-2/h9,12,16,18-19,21,25,27-28,30,32,35,38,40-41,43,49,52,62H,4-8,10-11,13-15,17,20,22-24,26,29,31,33-34,36-37,39,42,44-48,50-51,53-61H2,1-3H3/b12-9-,19-16-,21-18-,28-25-,30-27-,35-32-,41-38-,43-40-,52-49-/t62-/m0/s1. The highest BCUT2D eigenvalue weighted by atomic mass is 16.6. The van der Waals surface area contributed by atoms with Crippen molar-refractivity contribution in [3.05, 3.63) is 109 Å². The monoisotopic (exact) mass is 985 g/mol.